The van der Waals surface area contributed by atoms with Crippen molar-refractivity contribution in [1.82, 2.24) is 20.9 Å². The average molecular weight is 855 g/mol. The predicted molar refractivity (Wildman–Crippen MR) is 204 cm³/mol. The summed E-state index contributed by atoms with van der Waals surface area (Å²) in [5.74, 6) is -15.9. The summed E-state index contributed by atoms with van der Waals surface area (Å²) in [4.78, 5) is 67.5. The summed E-state index contributed by atoms with van der Waals surface area (Å²) < 4.78 is 78.0. The molecular weight excluding hydrogens is 807 g/mol. The second kappa shape index (κ2) is 23.9. The quantitative estimate of drug-likeness (QED) is 0.0310. The number of amides is 3. The van der Waals surface area contributed by atoms with Gasteiger partial charge in [-0.15, -0.1) is 0 Å². The number of ether oxygens (including phenoxy) is 3. The van der Waals surface area contributed by atoms with Crippen molar-refractivity contribution < 1.29 is 75.1 Å². The molecule has 0 atom stereocenters. The van der Waals surface area contributed by atoms with Gasteiger partial charge >= 0.3 is 30.1 Å². The Labute approximate surface area is 342 Å². The fourth-order valence-corrected chi connectivity index (χ4v) is 5.24. The molecule has 5 N–H and O–H groups in total. The minimum absolute atomic E-state index is 0.0308. The van der Waals surface area contributed by atoms with Gasteiger partial charge in [0.25, 0.3) is 0 Å². The first-order valence-corrected chi connectivity index (χ1v) is 18.4. The largest absolute Gasteiger partial charge is 0.480 e. The predicted octanol–water partition coefficient (Wildman–Crippen LogP) is 5.73. The first-order valence-electron chi connectivity index (χ1n) is 18.4. The van der Waals surface area contributed by atoms with Crippen LogP contribution < -0.4 is 20.7 Å². The van der Waals surface area contributed by atoms with Crippen LogP contribution in [0.1, 0.15) is 64.5 Å². The third-order valence-electron chi connectivity index (χ3n) is 7.90. The van der Waals surface area contributed by atoms with Crippen molar-refractivity contribution in [3.63, 3.8) is 0 Å². The van der Waals surface area contributed by atoms with Crippen molar-refractivity contribution in [2.24, 2.45) is 0 Å². The summed E-state index contributed by atoms with van der Waals surface area (Å²) in [6.07, 6.45) is -1.13. The van der Waals surface area contributed by atoms with Gasteiger partial charge in [-0.3, -0.25) is 19.2 Å². The third-order valence-corrected chi connectivity index (χ3v) is 7.90. The first kappa shape index (κ1) is 49.8. The smallest absolute Gasteiger partial charge is 0.407 e. The van der Waals surface area contributed by atoms with Crippen molar-refractivity contribution >= 4 is 36.0 Å². The van der Waals surface area contributed by atoms with Gasteiger partial charge in [-0.25, -0.2) is 22.8 Å². The Hall–Kier alpha value is -6.31. The number of carbonyl (C=O) groups is 6. The fraction of sp³-hybridized carbons (Fsp3) is 0.400. The van der Waals surface area contributed by atoms with E-state index in [-0.39, 0.29) is 57.5 Å². The molecule has 20 heteroatoms. The molecule has 0 fully saturated rings. The highest BCUT2D eigenvalue weighted by atomic mass is 19.2. The number of halogens is 5. The number of hydrogen-bond donors (Lipinski definition) is 5. The van der Waals surface area contributed by atoms with Crippen molar-refractivity contribution in [2.45, 2.75) is 59.0 Å². The van der Waals surface area contributed by atoms with E-state index in [1.807, 2.05) is 24.3 Å². The number of rotatable bonds is 15. The van der Waals surface area contributed by atoms with E-state index in [9.17, 15) is 50.7 Å². The molecule has 0 aromatic heterocycles. The molecule has 328 valence electrons. The number of esters is 1. The van der Waals surface area contributed by atoms with Crippen LogP contribution in [-0.2, 0) is 28.7 Å². The molecule has 15 nitrogen and oxygen atoms in total. The van der Waals surface area contributed by atoms with E-state index in [4.69, 9.17) is 19.7 Å². The molecule has 1 aliphatic rings. The van der Waals surface area contributed by atoms with E-state index in [0.29, 0.717) is 13.1 Å². The molecule has 1 aliphatic carbocycles. The molecule has 0 saturated carbocycles. The summed E-state index contributed by atoms with van der Waals surface area (Å²) in [6.45, 7) is 8.90. The molecule has 0 bridgehead atoms. The molecular formula is C40H47F5N4O11. The first-order chi connectivity index (χ1) is 28.2. The van der Waals surface area contributed by atoms with Crippen LogP contribution in [0.15, 0.2) is 48.5 Å². The highest BCUT2D eigenvalue weighted by Crippen LogP contribution is 2.44. The van der Waals surface area contributed by atoms with Gasteiger partial charge < -0.3 is 45.3 Å². The lowest BCUT2D eigenvalue weighted by Crippen LogP contribution is -2.42. The highest BCUT2D eigenvalue weighted by molar-refractivity contribution is 5.81. The van der Waals surface area contributed by atoms with E-state index < -0.39 is 70.5 Å². The summed E-state index contributed by atoms with van der Waals surface area (Å²) >= 11 is 0. The monoisotopic (exact) mass is 854 g/mol. The SMILES string of the molecule is CCC(=O)N(CCNC(=O)OC(C)(C)C)CC(=O)O.CCC(=O)Oc1c(F)c(F)c(F)c(F)c1F.O=C(O)CNCCNC(=O)OCC1c2ccccc2-c2ccccc21. The molecule has 0 heterocycles. The summed E-state index contributed by atoms with van der Waals surface area (Å²) in [7, 11) is 0. The fourth-order valence-electron chi connectivity index (χ4n) is 5.24. The number of alkyl carbamates (subject to hydrolysis) is 2. The minimum atomic E-state index is -2.30. The lowest BCUT2D eigenvalue weighted by atomic mass is 9.98. The zero-order valence-corrected chi connectivity index (χ0v) is 33.5. The van der Waals surface area contributed by atoms with Gasteiger partial charge in [-0.2, -0.15) is 8.78 Å². The van der Waals surface area contributed by atoms with Gasteiger partial charge in [0.2, 0.25) is 40.7 Å². The number of hydrogen-bond acceptors (Lipinski definition) is 10. The second-order valence-electron chi connectivity index (χ2n) is 13.5. The van der Waals surface area contributed by atoms with E-state index in [2.05, 4.69) is 45.0 Å². The molecule has 4 rings (SSSR count). The summed E-state index contributed by atoms with van der Waals surface area (Å²) in [5.41, 5.74) is 4.11. The lowest BCUT2D eigenvalue weighted by molar-refractivity contribution is -0.144. The van der Waals surface area contributed by atoms with Crippen molar-refractivity contribution in [3.05, 3.63) is 88.7 Å². The highest BCUT2D eigenvalue weighted by Gasteiger charge is 2.30. The average Bonchev–Trinajstić information content (AvgIpc) is 3.52. The third kappa shape index (κ3) is 15.8. The van der Waals surface area contributed by atoms with Crippen LogP contribution in [-0.4, -0.2) is 103 Å². The molecule has 0 spiro atoms. The maximum Gasteiger partial charge on any atom is 0.407 e. The van der Waals surface area contributed by atoms with Gasteiger partial charge in [0, 0.05) is 44.9 Å². The Morgan fingerprint density at radius 3 is 1.70 bits per heavy atom. The van der Waals surface area contributed by atoms with Crippen LogP contribution in [0.3, 0.4) is 0 Å². The number of aliphatic carboxylic acids is 2. The Bertz CT molecular complexity index is 1920. The molecule has 3 aromatic carbocycles. The van der Waals surface area contributed by atoms with Gasteiger partial charge in [-0.1, -0.05) is 62.4 Å². The van der Waals surface area contributed by atoms with Crippen LogP contribution in [0, 0.1) is 29.1 Å². The number of carboxylic acid groups (broad SMARTS) is 2. The topological polar surface area (TPSA) is 210 Å². The van der Waals surface area contributed by atoms with Gasteiger partial charge in [0.1, 0.15) is 18.8 Å². The van der Waals surface area contributed by atoms with Gasteiger partial charge in [-0.05, 0) is 43.0 Å². The number of carboxylic acids is 2. The number of nitrogens with one attached hydrogen (secondary N) is 3. The summed E-state index contributed by atoms with van der Waals surface area (Å²) in [6, 6.07) is 16.3. The maximum atomic E-state index is 12.9. The number of nitrogens with zero attached hydrogens (tertiary/aromatic N) is 1. The van der Waals surface area contributed by atoms with E-state index in [1.54, 1.807) is 27.7 Å². The molecule has 3 amide bonds. The zero-order chi connectivity index (χ0) is 45.2. The zero-order valence-electron chi connectivity index (χ0n) is 33.5. The normalized spacial score (nSPS) is 11.3. The molecule has 3 aromatic rings. The maximum absolute atomic E-state index is 12.9. The molecule has 0 radical (unpaired) electrons. The second-order valence-corrected chi connectivity index (χ2v) is 13.5. The molecule has 60 heavy (non-hydrogen) atoms. The van der Waals surface area contributed by atoms with E-state index >= 15 is 0 Å². The Balaban J connectivity index is 0.000000320. The van der Waals surface area contributed by atoms with Gasteiger partial charge in [0.05, 0.1) is 6.54 Å². The van der Waals surface area contributed by atoms with Gasteiger partial charge in [0.15, 0.2) is 0 Å². The van der Waals surface area contributed by atoms with Crippen molar-refractivity contribution in [1.29, 1.82) is 0 Å². The molecule has 0 unspecified atom stereocenters. The van der Waals surface area contributed by atoms with Crippen LogP contribution in [0.4, 0.5) is 31.5 Å². The summed E-state index contributed by atoms with van der Waals surface area (Å²) in [5, 5.41) is 25.0. The molecule has 0 aliphatic heterocycles. The minimum Gasteiger partial charge on any atom is -0.480 e. The van der Waals surface area contributed by atoms with Crippen LogP contribution in [0.25, 0.3) is 11.1 Å². The van der Waals surface area contributed by atoms with E-state index in [1.165, 1.54) is 34.1 Å². The number of carbonyl (C=O) groups excluding carboxylic acids is 4. The Kier molecular flexibility index (Phi) is 19.9. The molecule has 0 saturated heterocycles. The van der Waals surface area contributed by atoms with E-state index in [0.717, 1.165) is 0 Å². The van der Waals surface area contributed by atoms with Crippen molar-refractivity contribution in [3.8, 4) is 16.9 Å². The van der Waals surface area contributed by atoms with Crippen molar-refractivity contribution in [2.75, 3.05) is 45.9 Å². The number of fused-ring (bicyclic) bond motifs is 3. The van der Waals surface area contributed by atoms with Crippen LogP contribution >= 0.6 is 0 Å². The number of benzene rings is 3. The standard InChI is InChI=1S/C19H20N2O4.C12H22N2O5.C9H5F5O2/c22-18(23)11-20-9-10-21-19(24)25-12-17-15-7-3-1-5-13(15)14-6-2-4-8-16(14)17;1-5-9(15)14(8-10(16)17)7-6-13-11(18)19-12(2,3)4;1-2-3(15)16-9-7(13)5(11)4(10)6(12)8(9)14/h1-8,17,20H,9-12H2,(H,21,24)(H,22,23);5-8H2,1-4H3,(H,13,18)(H,16,17);2H2,1H3. The Morgan fingerprint density at radius 2 is 1.22 bits per heavy atom. The van der Waals surface area contributed by atoms with Crippen LogP contribution in [0.5, 0.6) is 5.75 Å². The van der Waals surface area contributed by atoms with Crippen LogP contribution in [0.2, 0.25) is 0 Å². The Morgan fingerprint density at radius 1 is 0.700 bits per heavy atom. The lowest BCUT2D eigenvalue weighted by Gasteiger charge is -2.22.